The fraction of sp³-hybridized carbons (Fsp3) is 0.600. The fourth-order valence-electron chi connectivity index (χ4n) is 3.76. The smallest absolute Gasteiger partial charge is 0.253 e. The summed E-state index contributed by atoms with van der Waals surface area (Å²) in [4.78, 5) is 28.9. The summed E-state index contributed by atoms with van der Waals surface area (Å²) in [6.07, 6.45) is 6.64. The quantitative estimate of drug-likeness (QED) is 0.913. The van der Waals surface area contributed by atoms with Crippen LogP contribution < -0.4 is 5.32 Å². The van der Waals surface area contributed by atoms with Gasteiger partial charge >= 0.3 is 0 Å². The van der Waals surface area contributed by atoms with Crippen molar-refractivity contribution in [2.45, 2.75) is 51.1 Å². The molecule has 5 heteroatoms. The van der Waals surface area contributed by atoms with Crippen LogP contribution in [0.25, 0.3) is 0 Å². The van der Waals surface area contributed by atoms with Crippen LogP contribution in [-0.2, 0) is 11.3 Å². The summed E-state index contributed by atoms with van der Waals surface area (Å²) in [5.41, 5.74) is 1.77. The van der Waals surface area contributed by atoms with Gasteiger partial charge in [-0.05, 0) is 57.0 Å². The summed E-state index contributed by atoms with van der Waals surface area (Å²) in [5, 5.41) is 3.05. The van der Waals surface area contributed by atoms with Crippen LogP contribution in [0.3, 0.4) is 0 Å². The van der Waals surface area contributed by atoms with Crippen molar-refractivity contribution in [3.05, 3.63) is 35.4 Å². The van der Waals surface area contributed by atoms with Crippen molar-refractivity contribution in [1.82, 2.24) is 15.1 Å². The minimum Gasteiger partial charge on any atom is -0.351 e. The Labute approximate surface area is 150 Å². The number of hydrogen-bond acceptors (Lipinski definition) is 3. The van der Waals surface area contributed by atoms with Gasteiger partial charge < -0.3 is 10.2 Å². The molecular formula is C20H29N3O2. The van der Waals surface area contributed by atoms with E-state index >= 15 is 0 Å². The number of nitrogens with one attached hydrogen (secondary N) is 1. The standard InChI is InChI=1S/C20H29N3O2/c1-22-12-4-2-3-7-18(22)19(24)21-15-16-8-10-17(11-9-16)20(25)23-13-5-6-14-23/h8-11,18H,2-7,12-15H2,1H3,(H,21,24)/t18-/m1/s1. The van der Waals surface area contributed by atoms with Gasteiger partial charge in [0.1, 0.15) is 0 Å². The summed E-state index contributed by atoms with van der Waals surface area (Å²) in [6.45, 7) is 3.24. The highest BCUT2D eigenvalue weighted by Gasteiger charge is 2.24. The van der Waals surface area contributed by atoms with E-state index < -0.39 is 0 Å². The molecule has 2 fully saturated rings. The second-order valence-electron chi connectivity index (χ2n) is 7.26. The Hall–Kier alpha value is -1.88. The zero-order valence-corrected chi connectivity index (χ0v) is 15.2. The number of nitrogens with zero attached hydrogens (tertiary/aromatic N) is 2. The first-order valence-electron chi connectivity index (χ1n) is 9.51. The first-order valence-corrected chi connectivity index (χ1v) is 9.51. The molecule has 1 aromatic carbocycles. The first-order chi connectivity index (χ1) is 12.1. The summed E-state index contributed by atoms with van der Waals surface area (Å²) >= 11 is 0. The molecule has 136 valence electrons. The normalized spacial score (nSPS) is 21.8. The van der Waals surface area contributed by atoms with E-state index in [4.69, 9.17) is 0 Å². The zero-order chi connectivity index (χ0) is 17.6. The lowest BCUT2D eigenvalue weighted by Gasteiger charge is -2.24. The Balaban J connectivity index is 1.52. The number of hydrogen-bond donors (Lipinski definition) is 1. The maximum absolute atomic E-state index is 12.5. The number of carbonyl (C=O) groups is 2. The van der Waals surface area contributed by atoms with Crippen molar-refractivity contribution < 1.29 is 9.59 Å². The lowest BCUT2D eigenvalue weighted by molar-refractivity contribution is -0.126. The second-order valence-corrected chi connectivity index (χ2v) is 7.26. The fourth-order valence-corrected chi connectivity index (χ4v) is 3.76. The van der Waals surface area contributed by atoms with Crippen molar-refractivity contribution in [3.63, 3.8) is 0 Å². The number of likely N-dealkylation sites (N-methyl/N-ethyl adjacent to an activating group) is 1. The molecule has 0 saturated carbocycles. The highest BCUT2D eigenvalue weighted by molar-refractivity contribution is 5.94. The second kappa shape index (κ2) is 8.48. The Morgan fingerprint density at radius 1 is 1.00 bits per heavy atom. The average molecular weight is 343 g/mol. The lowest BCUT2D eigenvalue weighted by Crippen LogP contribution is -2.44. The van der Waals surface area contributed by atoms with E-state index in [1.54, 1.807) is 0 Å². The molecule has 0 aromatic heterocycles. The maximum atomic E-state index is 12.5. The third kappa shape index (κ3) is 4.60. The number of carbonyl (C=O) groups excluding carboxylic acids is 2. The van der Waals surface area contributed by atoms with Gasteiger partial charge in [0.25, 0.3) is 5.91 Å². The van der Waals surface area contributed by atoms with Gasteiger partial charge in [0.05, 0.1) is 6.04 Å². The van der Waals surface area contributed by atoms with E-state index in [2.05, 4.69) is 10.2 Å². The van der Waals surface area contributed by atoms with Gasteiger partial charge in [-0.25, -0.2) is 0 Å². The van der Waals surface area contributed by atoms with Gasteiger partial charge in [-0.15, -0.1) is 0 Å². The van der Waals surface area contributed by atoms with E-state index in [0.29, 0.717) is 6.54 Å². The van der Waals surface area contributed by atoms with Crippen LogP contribution in [0.2, 0.25) is 0 Å². The third-order valence-electron chi connectivity index (χ3n) is 5.38. The van der Waals surface area contributed by atoms with Gasteiger partial charge in [-0.2, -0.15) is 0 Å². The minimum atomic E-state index is -0.0153. The van der Waals surface area contributed by atoms with E-state index in [1.165, 1.54) is 12.8 Å². The van der Waals surface area contributed by atoms with Crippen LogP contribution in [0.1, 0.15) is 54.4 Å². The van der Waals surface area contributed by atoms with Crippen LogP contribution in [0.4, 0.5) is 0 Å². The summed E-state index contributed by atoms with van der Waals surface area (Å²) in [6, 6.07) is 7.62. The van der Waals surface area contributed by atoms with E-state index in [0.717, 1.165) is 56.4 Å². The third-order valence-corrected chi connectivity index (χ3v) is 5.38. The van der Waals surface area contributed by atoms with Crippen molar-refractivity contribution in [3.8, 4) is 0 Å². The van der Waals surface area contributed by atoms with Crippen LogP contribution in [0.5, 0.6) is 0 Å². The van der Waals surface area contributed by atoms with E-state index in [1.807, 2.05) is 36.2 Å². The molecular weight excluding hydrogens is 314 g/mol. The molecule has 2 heterocycles. The van der Waals surface area contributed by atoms with Crippen LogP contribution in [-0.4, -0.2) is 54.3 Å². The molecule has 2 amide bonds. The molecule has 2 saturated heterocycles. The van der Waals surface area contributed by atoms with Crippen molar-refractivity contribution >= 4 is 11.8 Å². The number of benzene rings is 1. The summed E-state index contributed by atoms with van der Waals surface area (Å²) < 4.78 is 0. The number of likely N-dealkylation sites (tertiary alicyclic amines) is 2. The molecule has 25 heavy (non-hydrogen) atoms. The predicted octanol–water partition coefficient (Wildman–Crippen LogP) is 2.41. The highest BCUT2D eigenvalue weighted by atomic mass is 16.2. The number of rotatable bonds is 4. The Kier molecular flexibility index (Phi) is 6.08. The van der Waals surface area contributed by atoms with Gasteiger partial charge in [0.15, 0.2) is 0 Å². The highest BCUT2D eigenvalue weighted by Crippen LogP contribution is 2.16. The Morgan fingerprint density at radius 3 is 2.40 bits per heavy atom. The van der Waals surface area contributed by atoms with Gasteiger partial charge in [0, 0.05) is 25.2 Å². The van der Waals surface area contributed by atoms with Crippen LogP contribution in [0, 0.1) is 0 Å². The van der Waals surface area contributed by atoms with E-state index in [-0.39, 0.29) is 17.9 Å². The van der Waals surface area contributed by atoms with Gasteiger partial charge in [0.2, 0.25) is 5.91 Å². The minimum absolute atomic E-state index is 0.0153. The zero-order valence-electron chi connectivity index (χ0n) is 15.2. The van der Waals surface area contributed by atoms with Crippen molar-refractivity contribution in [2.75, 3.05) is 26.7 Å². The van der Waals surface area contributed by atoms with Crippen LogP contribution >= 0.6 is 0 Å². The van der Waals surface area contributed by atoms with Crippen molar-refractivity contribution in [2.24, 2.45) is 0 Å². The molecule has 0 radical (unpaired) electrons. The molecule has 0 aliphatic carbocycles. The predicted molar refractivity (Wildman–Crippen MR) is 98.3 cm³/mol. The largest absolute Gasteiger partial charge is 0.351 e. The molecule has 0 bridgehead atoms. The Bertz CT molecular complexity index is 593. The topological polar surface area (TPSA) is 52.7 Å². The molecule has 2 aliphatic rings. The number of amides is 2. The average Bonchev–Trinajstić information content (AvgIpc) is 3.08. The molecule has 1 aromatic rings. The van der Waals surface area contributed by atoms with Gasteiger partial charge in [-0.3, -0.25) is 14.5 Å². The van der Waals surface area contributed by atoms with Crippen molar-refractivity contribution in [1.29, 1.82) is 0 Å². The Morgan fingerprint density at radius 2 is 1.68 bits per heavy atom. The molecule has 0 spiro atoms. The van der Waals surface area contributed by atoms with Crippen LogP contribution in [0.15, 0.2) is 24.3 Å². The molecule has 3 rings (SSSR count). The molecule has 2 aliphatic heterocycles. The SMILES string of the molecule is CN1CCCCC[C@@H]1C(=O)NCc1ccc(C(=O)N2CCCC2)cc1. The molecule has 0 unspecified atom stereocenters. The maximum Gasteiger partial charge on any atom is 0.253 e. The summed E-state index contributed by atoms with van der Waals surface area (Å²) in [7, 11) is 2.04. The first kappa shape index (κ1) is 17.9. The lowest BCUT2D eigenvalue weighted by atomic mass is 10.1. The molecule has 1 N–H and O–H groups in total. The molecule has 1 atom stereocenters. The monoisotopic (exact) mass is 343 g/mol. The molecule has 5 nitrogen and oxygen atoms in total. The van der Waals surface area contributed by atoms with E-state index in [9.17, 15) is 9.59 Å². The summed E-state index contributed by atoms with van der Waals surface area (Å²) in [5.74, 6) is 0.231. The van der Waals surface area contributed by atoms with Gasteiger partial charge in [-0.1, -0.05) is 25.0 Å².